The molecule has 0 aliphatic carbocycles. The number of aliphatic carboxylic acids is 1. The highest BCUT2D eigenvalue weighted by molar-refractivity contribution is 5.97. The Morgan fingerprint density at radius 2 is 1.31 bits per heavy atom. The fourth-order valence-corrected chi connectivity index (χ4v) is 5.80. The molecule has 18 heteroatoms. The number of carboxylic acid groups (broad SMARTS) is 1. The van der Waals surface area contributed by atoms with E-state index in [4.69, 9.17) is 15.6 Å². The summed E-state index contributed by atoms with van der Waals surface area (Å²) in [7, 11) is 0. The minimum absolute atomic E-state index is 0.0144. The molecule has 0 spiro atoms. The molecule has 3 aromatic rings. The van der Waals surface area contributed by atoms with Crippen LogP contribution in [-0.4, -0.2) is 100.0 Å². The van der Waals surface area contributed by atoms with Gasteiger partial charge in [0.15, 0.2) is 0 Å². The lowest BCUT2D eigenvalue weighted by molar-refractivity contribution is -0.139. The van der Waals surface area contributed by atoms with Crippen LogP contribution in [0.5, 0.6) is 0 Å². The summed E-state index contributed by atoms with van der Waals surface area (Å²) < 4.78 is 5.37. The van der Waals surface area contributed by atoms with Gasteiger partial charge in [-0.3, -0.25) is 33.6 Å². The number of aromatic nitrogens is 1. The number of ether oxygens (including phenoxy) is 1. The maximum absolute atomic E-state index is 14.1. The lowest BCUT2D eigenvalue weighted by Crippen LogP contribution is -2.59. The number of nitrogens with one attached hydrogen (secondary N) is 7. The number of hydrogen-bond donors (Lipinski definition) is 9. The largest absolute Gasteiger partial charge is 0.480 e. The Hall–Kier alpha value is -6.46. The Bertz CT molecular complexity index is 1940. The summed E-state index contributed by atoms with van der Waals surface area (Å²) in [5, 5.41) is 24.9. The third-order valence-electron chi connectivity index (χ3n) is 8.75. The third kappa shape index (κ3) is 14.9. The molecule has 58 heavy (non-hydrogen) atoms. The first-order valence-corrected chi connectivity index (χ1v) is 18.8. The van der Waals surface area contributed by atoms with E-state index in [2.05, 4.69) is 36.9 Å². The number of aromatic amines is 1. The van der Waals surface area contributed by atoms with Crippen molar-refractivity contribution in [3.05, 3.63) is 71.9 Å². The zero-order chi connectivity index (χ0) is 43.2. The fraction of sp³-hybridized carbons (Fsp3) is 0.450. The number of hydrogen-bond acceptors (Lipinski definition) is 9. The maximum atomic E-state index is 14.1. The van der Waals surface area contributed by atoms with Crippen molar-refractivity contribution in [3.8, 4) is 0 Å². The molecule has 0 aliphatic heterocycles. The van der Waals surface area contributed by atoms with Crippen molar-refractivity contribution in [1.82, 2.24) is 36.9 Å². The van der Waals surface area contributed by atoms with Crippen molar-refractivity contribution in [3.63, 3.8) is 0 Å². The van der Waals surface area contributed by atoms with Gasteiger partial charge >= 0.3 is 12.1 Å². The molecule has 18 nitrogen and oxygen atoms in total. The van der Waals surface area contributed by atoms with Gasteiger partial charge in [-0.05, 0) is 57.2 Å². The van der Waals surface area contributed by atoms with Crippen LogP contribution in [0.4, 0.5) is 4.79 Å². The molecule has 0 saturated heterocycles. The third-order valence-corrected chi connectivity index (χ3v) is 8.75. The van der Waals surface area contributed by atoms with Crippen LogP contribution in [0.3, 0.4) is 0 Å². The Morgan fingerprint density at radius 1 is 0.724 bits per heavy atom. The topological polar surface area (TPSA) is 280 Å². The monoisotopic (exact) mass is 806 g/mol. The molecule has 1 heterocycles. The smallest absolute Gasteiger partial charge is 0.408 e. The number of carboxylic acids is 1. The van der Waals surface area contributed by atoms with Gasteiger partial charge in [0.25, 0.3) is 0 Å². The van der Waals surface area contributed by atoms with Gasteiger partial charge in [-0.1, -0.05) is 62.4 Å². The molecule has 314 valence electrons. The number of para-hydroxylation sites is 1. The van der Waals surface area contributed by atoms with Gasteiger partial charge in [0.2, 0.25) is 35.4 Å². The molecule has 10 N–H and O–H groups in total. The number of carbonyl (C=O) groups is 8. The lowest BCUT2D eigenvalue weighted by Gasteiger charge is -2.27. The molecular weight excluding hydrogens is 752 g/mol. The molecule has 1 aromatic heterocycles. The summed E-state index contributed by atoms with van der Waals surface area (Å²) in [5.41, 5.74) is 6.61. The molecule has 5 atom stereocenters. The fourth-order valence-electron chi connectivity index (χ4n) is 5.80. The van der Waals surface area contributed by atoms with Crippen molar-refractivity contribution in [2.24, 2.45) is 11.7 Å². The zero-order valence-corrected chi connectivity index (χ0v) is 33.5. The van der Waals surface area contributed by atoms with Gasteiger partial charge in [-0.2, -0.15) is 0 Å². The zero-order valence-electron chi connectivity index (χ0n) is 33.5. The lowest BCUT2D eigenvalue weighted by atomic mass is 10.0. The van der Waals surface area contributed by atoms with Crippen LogP contribution in [0.2, 0.25) is 0 Å². The Kier molecular flexibility index (Phi) is 16.8. The standard InChI is InChI=1S/C40H54N8O10/c1-22(2)33(38(56)43-21-32(50)51)48-34(52)23(3)44-36(54)30(19-25-20-42-27-15-11-10-14-26(25)27)46-35(53)28(16-17-31(41)49)45-37(55)29(18-24-12-8-7-9-13-24)47-39(57)58-40(4,5)6/h7-15,20,22-23,28-30,33,42H,16-19,21H2,1-6H3,(H2,41,49)(H,43,56)(H,44,54)(H,45,55)(H,46,53)(H,47,57)(H,48,52)(H,50,51)/t23-,28-,29+,30-,33-/m0/s1. The minimum Gasteiger partial charge on any atom is -0.480 e. The van der Waals surface area contributed by atoms with E-state index in [0.717, 1.165) is 10.9 Å². The number of alkyl carbamates (subject to hydrolysis) is 1. The number of amides is 7. The molecule has 0 aliphatic rings. The number of fused-ring (bicyclic) bond motifs is 1. The summed E-state index contributed by atoms with van der Waals surface area (Å²) in [6.45, 7) is 8.97. The van der Waals surface area contributed by atoms with Crippen LogP contribution in [0, 0.1) is 5.92 Å². The van der Waals surface area contributed by atoms with Crippen molar-refractivity contribution < 1.29 is 48.2 Å². The van der Waals surface area contributed by atoms with Crippen LogP contribution in [-0.2, 0) is 51.1 Å². The summed E-state index contributed by atoms with van der Waals surface area (Å²) in [5.74, 6) is -6.42. The van der Waals surface area contributed by atoms with Crippen LogP contribution in [0.25, 0.3) is 10.9 Å². The minimum atomic E-state index is -1.42. The van der Waals surface area contributed by atoms with Gasteiger partial charge in [0.1, 0.15) is 42.4 Å². The van der Waals surface area contributed by atoms with Crippen LogP contribution in [0.15, 0.2) is 60.8 Å². The molecule has 2 aromatic carbocycles. The molecule has 7 amide bonds. The number of carbonyl (C=O) groups excluding carboxylic acids is 7. The normalized spacial score (nSPS) is 13.8. The molecular formula is C40H54N8O10. The first-order chi connectivity index (χ1) is 27.2. The molecule has 3 rings (SSSR count). The highest BCUT2D eigenvalue weighted by Crippen LogP contribution is 2.20. The van der Waals surface area contributed by atoms with Gasteiger partial charge in [0, 0.05) is 36.4 Å². The first-order valence-electron chi connectivity index (χ1n) is 18.8. The van der Waals surface area contributed by atoms with Gasteiger partial charge < -0.3 is 52.5 Å². The number of H-pyrrole nitrogens is 1. The Labute approximate surface area is 336 Å². The van der Waals surface area contributed by atoms with Crippen molar-refractivity contribution >= 4 is 58.4 Å². The number of benzene rings is 2. The number of rotatable bonds is 20. The van der Waals surface area contributed by atoms with E-state index in [1.165, 1.54) is 6.92 Å². The average molecular weight is 807 g/mol. The molecule has 0 bridgehead atoms. The number of primary amides is 1. The van der Waals surface area contributed by atoms with Crippen LogP contribution in [0.1, 0.15) is 65.5 Å². The Balaban J connectivity index is 1.89. The van der Waals surface area contributed by atoms with Gasteiger partial charge in [0.05, 0.1) is 0 Å². The van der Waals surface area contributed by atoms with E-state index in [0.29, 0.717) is 11.1 Å². The van der Waals surface area contributed by atoms with Gasteiger partial charge in [-0.25, -0.2) is 4.79 Å². The predicted octanol–water partition coefficient (Wildman–Crippen LogP) is 0.928. The van der Waals surface area contributed by atoms with E-state index in [-0.39, 0.29) is 25.7 Å². The molecule has 0 radical (unpaired) electrons. The second kappa shape index (κ2) is 21.2. The second-order valence-corrected chi connectivity index (χ2v) is 15.2. The van der Waals surface area contributed by atoms with E-state index in [9.17, 15) is 38.4 Å². The summed E-state index contributed by atoms with van der Waals surface area (Å²) in [4.78, 5) is 107. The predicted molar refractivity (Wildman–Crippen MR) is 213 cm³/mol. The second-order valence-electron chi connectivity index (χ2n) is 15.2. The quantitative estimate of drug-likeness (QED) is 0.0779. The summed E-state index contributed by atoms with van der Waals surface area (Å²) in [6.07, 6.45) is 0.123. The van der Waals surface area contributed by atoms with E-state index < -0.39 is 95.8 Å². The SMILES string of the molecule is CC(C)[C@H](NC(=O)[C@H](C)NC(=O)[C@H](Cc1c[nH]c2ccccc12)NC(=O)[C@H](CCC(N)=O)NC(=O)[C@@H](Cc1ccccc1)NC(=O)OC(C)(C)C)C(=O)NCC(=O)O. The van der Waals surface area contributed by atoms with E-state index in [1.54, 1.807) is 77.2 Å². The highest BCUT2D eigenvalue weighted by Gasteiger charge is 2.33. The highest BCUT2D eigenvalue weighted by atomic mass is 16.6. The molecule has 0 saturated carbocycles. The summed E-state index contributed by atoms with van der Waals surface area (Å²) >= 11 is 0. The Morgan fingerprint density at radius 3 is 1.93 bits per heavy atom. The van der Waals surface area contributed by atoms with Gasteiger partial charge in [-0.15, -0.1) is 0 Å². The van der Waals surface area contributed by atoms with Crippen LogP contribution >= 0.6 is 0 Å². The first kappa shape index (κ1) is 45.9. The van der Waals surface area contributed by atoms with Crippen molar-refractivity contribution in [2.45, 2.75) is 103 Å². The van der Waals surface area contributed by atoms with Crippen LogP contribution < -0.4 is 37.6 Å². The molecule has 0 fully saturated rings. The van der Waals surface area contributed by atoms with Crippen molar-refractivity contribution in [1.29, 1.82) is 0 Å². The van der Waals surface area contributed by atoms with Crippen molar-refractivity contribution in [2.75, 3.05) is 6.54 Å². The van der Waals surface area contributed by atoms with E-state index in [1.807, 2.05) is 18.2 Å². The summed E-state index contributed by atoms with van der Waals surface area (Å²) in [6, 6.07) is 9.67. The number of nitrogens with two attached hydrogens (primary N) is 1. The maximum Gasteiger partial charge on any atom is 0.408 e. The van der Waals surface area contributed by atoms with E-state index >= 15 is 0 Å². The average Bonchev–Trinajstić information content (AvgIpc) is 3.55. The molecule has 0 unspecified atom stereocenters.